The summed E-state index contributed by atoms with van der Waals surface area (Å²) in [6.07, 6.45) is 15.7. The highest BCUT2D eigenvalue weighted by Gasteiger charge is 2.20. The molecule has 0 spiro atoms. The molecule has 0 unspecified atom stereocenters. The quantitative estimate of drug-likeness (QED) is 0.386. The van der Waals surface area contributed by atoms with Gasteiger partial charge < -0.3 is 0 Å². The molecule has 0 bridgehead atoms. The van der Waals surface area contributed by atoms with Crippen molar-refractivity contribution < 1.29 is 0 Å². The molecule has 1 aromatic carbocycles. The maximum atomic E-state index is 3.82. The zero-order valence-corrected chi connectivity index (χ0v) is 13.8. The van der Waals surface area contributed by atoms with E-state index in [1.165, 1.54) is 68.9 Å². The minimum absolute atomic E-state index is 0.978. The van der Waals surface area contributed by atoms with Crippen LogP contribution >= 0.6 is 0 Å². The van der Waals surface area contributed by atoms with Crippen LogP contribution in [0.2, 0.25) is 0 Å². The van der Waals surface area contributed by atoms with Crippen LogP contribution in [-0.4, -0.2) is 0 Å². The van der Waals surface area contributed by atoms with Crippen molar-refractivity contribution in [3.05, 3.63) is 48.0 Å². The van der Waals surface area contributed by atoms with Crippen LogP contribution < -0.4 is 0 Å². The van der Waals surface area contributed by atoms with E-state index in [4.69, 9.17) is 0 Å². The molecule has 0 atom stereocenters. The van der Waals surface area contributed by atoms with Crippen molar-refractivity contribution in [3.8, 4) is 0 Å². The number of hydrogen-bond donors (Lipinski definition) is 0. The highest BCUT2D eigenvalue weighted by molar-refractivity contribution is 5.22. The van der Waals surface area contributed by atoms with Gasteiger partial charge in [0.05, 0.1) is 0 Å². The summed E-state index contributed by atoms with van der Waals surface area (Å²) in [5, 5.41) is 0. The molecule has 0 aromatic heterocycles. The number of unbranched alkanes of at least 4 members (excludes halogenated alkanes) is 1. The molecule has 0 heteroatoms. The molecule has 0 heterocycles. The lowest BCUT2D eigenvalue weighted by Crippen LogP contribution is -2.15. The minimum atomic E-state index is 0.978. The summed E-state index contributed by atoms with van der Waals surface area (Å²) in [6.45, 7) is 6.04. The first-order valence-corrected chi connectivity index (χ1v) is 9.00. The Morgan fingerprint density at radius 3 is 2.10 bits per heavy atom. The Labute approximate surface area is 131 Å². The maximum absolute atomic E-state index is 3.82. The van der Waals surface area contributed by atoms with Gasteiger partial charge in [-0.1, -0.05) is 69.4 Å². The molecule has 1 aliphatic carbocycles. The van der Waals surface area contributed by atoms with Crippen LogP contribution in [0.4, 0.5) is 0 Å². The second-order valence-corrected chi connectivity index (χ2v) is 6.82. The zero-order chi connectivity index (χ0) is 14.9. The van der Waals surface area contributed by atoms with Gasteiger partial charge in [-0.05, 0) is 55.1 Å². The molecule has 21 heavy (non-hydrogen) atoms. The third-order valence-corrected chi connectivity index (χ3v) is 5.26. The van der Waals surface area contributed by atoms with E-state index in [1.807, 2.05) is 0 Å². The van der Waals surface area contributed by atoms with Crippen LogP contribution in [0, 0.1) is 11.8 Å². The van der Waals surface area contributed by atoms with Gasteiger partial charge in [0.15, 0.2) is 0 Å². The second-order valence-electron chi connectivity index (χ2n) is 6.82. The van der Waals surface area contributed by atoms with Gasteiger partial charge in [0, 0.05) is 0 Å². The van der Waals surface area contributed by atoms with Gasteiger partial charge in [0.1, 0.15) is 0 Å². The highest BCUT2D eigenvalue weighted by Crippen LogP contribution is 2.34. The molecule has 0 amide bonds. The van der Waals surface area contributed by atoms with E-state index in [0.717, 1.165) is 18.3 Å². The summed E-state index contributed by atoms with van der Waals surface area (Å²) in [5.41, 5.74) is 2.99. The number of benzene rings is 1. The van der Waals surface area contributed by atoms with Gasteiger partial charge in [0.25, 0.3) is 0 Å². The fourth-order valence-corrected chi connectivity index (χ4v) is 3.67. The van der Waals surface area contributed by atoms with Crippen molar-refractivity contribution in [2.75, 3.05) is 0 Å². The lowest BCUT2D eigenvalue weighted by molar-refractivity contribution is 0.251. The zero-order valence-electron chi connectivity index (χ0n) is 13.8. The molecule has 0 aliphatic heterocycles. The Balaban J connectivity index is 1.65. The molecule has 1 fully saturated rings. The highest BCUT2D eigenvalue weighted by atomic mass is 14.3. The van der Waals surface area contributed by atoms with Crippen LogP contribution in [0.1, 0.15) is 69.4 Å². The predicted octanol–water partition coefficient (Wildman–Crippen LogP) is 6.34. The summed E-state index contributed by atoms with van der Waals surface area (Å²) >= 11 is 0. The fourth-order valence-electron chi connectivity index (χ4n) is 3.67. The van der Waals surface area contributed by atoms with E-state index in [0.29, 0.717) is 0 Å². The summed E-state index contributed by atoms with van der Waals surface area (Å²) in [7, 11) is 0. The lowest BCUT2D eigenvalue weighted by atomic mass is 9.78. The predicted molar refractivity (Wildman–Crippen MR) is 93.6 cm³/mol. The summed E-state index contributed by atoms with van der Waals surface area (Å²) < 4.78 is 0. The van der Waals surface area contributed by atoms with Crippen molar-refractivity contribution in [2.45, 2.75) is 71.1 Å². The average molecular weight is 284 g/mol. The van der Waals surface area contributed by atoms with Crippen LogP contribution in [0.25, 0.3) is 0 Å². The SMILES string of the molecule is C=CCCC[C@H]1CC[C@H](CCc2ccc(CC)cc2)CC1. The Hall–Kier alpha value is -1.04. The van der Waals surface area contributed by atoms with E-state index in [2.05, 4.69) is 43.8 Å². The number of aryl methyl sites for hydroxylation is 2. The number of rotatable bonds is 8. The molecule has 1 aliphatic rings. The van der Waals surface area contributed by atoms with E-state index in [1.54, 1.807) is 0 Å². The third-order valence-electron chi connectivity index (χ3n) is 5.26. The van der Waals surface area contributed by atoms with E-state index in [9.17, 15) is 0 Å². The molecule has 0 radical (unpaired) electrons. The molecule has 1 aromatic rings. The normalized spacial score (nSPS) is 22.1. The minimum Gasteiger partial charge on any atom is -0.103 e. The fraction of sp³-hybridized carbons (Fsp3) is 0.619. The number of hydrogen-bond acceptors (Lipinski definition) is 0. The Morgan fingerprint density at radius 1 is 0.952 bits per heavy atom. The number of allylic oxidation sites excluding steroid dienone is 1. The first-order chi connectivity index (χ1) is 10.3. The molecule has 0 N–H and O–H groups in total. The van der Waals surface area contributed by atoms with Gasteiger partial charge in [-0.25, -0.2) is 0 Å². The Morgan fingerprint density at radius 2 is 1.52 bits per heavy atom. The van der Waals surface area contributed by atoms with Crippen molar-refractivity contribution in [1.82, 2.24) is 0 Å². The largest absolute Gasteiger partial charge is 0.103 e. The monoisotopic (exact) mass is 284 g/mol. The van der Waals surface area contributed by atoms with Gasteiger partial charge in [-0.15, -0.1) is 6.58 Å². The van der Waals surface area contributed by atoms with Crippen molar-refractivity contribution in [2.24, 2.45) is 11.8 Å². The summed E-state index contributed by atoms with van der Waals surface area (Å²) in [6, 6.07) is 9.26. The first-order valence-electron chi connectivity index (χ1n) is 9.00. The first kappa shape index (κ1) is 16.3. The lowest BCUT2D eigenvalue weighted by Gasteiger charge is -2.28. The molecule has 116 valence electrons. The van der Waals surface area contributed by atoms with E-state index in [-0.39, 0.29) is 0 Å². The Bertz CT molecular complexity index is 393. The topological polar surface area (TPSA) is 0 Å². The standard InChI is InChI=1S/C21H32/c1-3-5-6-7-19-12-14-21(15-13-19)17-16-20-10-8-18(4-2)9-11-20/h3,8-11,19,21H,1,4-7,12-17H2,2H3/t19-,21-. The van der Waals surface area contributed by atoms with Crippen LogP contribution in [-0.2, 0) is 12.8 Å². The summed E-state index contributed by atoms with van der Waals surface area (Å²) in [4.78, 5) is 0. The summed E-state index contributed by atoms with van der Waals surface area (Å²) in [5.74, 6) is 1.98. The second kappa shape index (κ2) is 9.07. The molecule has 0 nitrogen and oxygen atoms in total. The average Bonchev–Trinajstić information content (AvgIpc) is 2.55. The van der Waals surface area contributed by atoms with Gasteiger partial charge in [0.2, 0.25) is 0 Å². The molecular weight excluding hydrogens is 252 g/mol. The molecule has 1 saturated carbocycles. The van der Waals surface area contributed by atoms with Crippen molar-refractivity contribution in [1.29, 1.82) is 0 Å². The van der Waals surface area contributed by atoms with Crippen LogP contribution in [0.3, 0.4) is 0 Å². The van der Waals surface area contributed by atoms with Crippen molar-refractivity contribution in [3.63, 3.8) is 0 Å². The molecule has 2 rings (SSSR count). The van der Waals surface area contributed by atoms with E-state index < -0.39 is 0 Å². The van der Waals surface area contributed by atoms with E-state index >= 15 is 0 Å². The van der Waals surface area contributed by atoms with Gasteiger partial charge in [-0.2, -0.15) is 0 Å². The maximum Gasteiger partial charge on any atom is -0.0276 e. The third kappa shape index (κ3) is 5.69. The van der Waals surface area contributed by atoms with Gasteiger partial charge in [-0.3, -0.25) is 0 Å². The van der Waals surface area contributed by atoms with Gasteiger partial charge >= 0.3 is 0 Å². The van der Waals surface area contributed by atoms with Crippen LogP contribution in [0.15, 0.2) is 36.9 Å². The van der Waals surface area contributed by atoms with Crippen molar-refractivity contribution >= 4 is 0 Å². The molecule has 0 saturated heterocycles. The Kier molecular flexibility index (Phi) is 7.06. The van der Waals surface area contributed by atoms with Crippen LogP contribution in [0.5, 0.6) is 0 Å². The molecular formula is C21H32. The smallest absolute Gasteiger partial charge is 0.0276 e.